The van der Waals surface area contributed by atoms with Gasteiger partial charge in [0.1, 0.15) is 17.7 Å². The predicted octanol–water partition coefficient (Wildman–Crippen LogP) is 7.39. The monoisotopic (exact) mass is 575 g/mol. The van der Waals surface area contributed by atoms with Crippen molar-refractivity contribution in [2.24, 2.45) is 5.92 Å². The summed E-state index contributed by atoms with van der Waals surface area (Å²) in [6, 6.07) is 12.9. The van der Waals surface area contributed by atoms with Crippen LogP contribution >= 0.6 is 0 Å². The minimum Gasteiger partial charge on any atom is -0.444 e. The molecule has 0 saturated heterocycles. The number of terminal acetylenes is 1. The molecule has 0 radical (unpaired) electrons. The number of ether oxygens (including phenoxy) is 1. The number of carbonyl (C=O) groups excluding carboxylic acids is 3. The summed E-state index contributed by atoms with van der Waals surface area (Å²) in [7, 11) is 0. The summed E-state index contributed by atoms with van der Waals surface area (Å²) in [4.78, 5) is 43.0. The SMILES string of the molecule is C#Cc1ccc(C(C(=O)Nc2ccccc2C)N(CCCCCCC)C(=O)C(CC(C)C)NC(=O)OC(C)(C)C)cc1. The van der Waals surface area contributed by atoms with Crippen LogP contribution < -0.4 is 10.6 Å². The molecular formula is C35H49N3O4. The highest BCUT2D eigenvalue weighted by Crippen LogP contribution is 2.27. The molecule has 0 fully saturated rings. The van der Waals surface area contributed by atoms with Crippen LogP contribution in [0, 0.1) is 25.2 Å². The average Bonchev–Trinajstić information content (AvgIpc) is 2.91. The van der Waals surface area contributed by atoms with Crippen LogP contribution in [0.5, 0.6) is 0 Å². The molecule has 42 heavy (non-hydrogen) atoms. The molecule has 7 nitrogen and oxygen atoms in total. The standard InChI is InChI=1S/C35H49N3O4/c1-9-11-12-13-16-23-38(33(40)30(24-25(3)4)37-34(41)42-35(6,7)8)31(28-21-19-27(10-2)20-22-28)32(39)36-29-18-15-14-17-26(29)5/h2,14-15,17-22,25,30-31H,9,11-13,16,23-24H2,1,3-8H3,(H,36,39)(H,37,41). The van der Waals surface area contributed by atoms with Crippen LogP contribution in [0.15, 0.2) is 48.5 Å². The molecule has 0 bridgehead atoms. The van der Waals surface area contributed by atoms with Crippen LogP contribution in [-0.4, -0.2) is 41.0 Å². The zero-order valence-electron chi connectivity index (χ0n) is 26.5. The van der Waals surface area contributed by atoms with E-state index < -0.39 is 23.8 Å². The van der Waals surface area contributed by atoms with Crippen LogP contribution in [0.25, 0.3) is 0 Å². The number of para-hydroxylation sites is 1. The second-order valence-corrected chi connectivity index (χ2v) is 12.2. The number of nitrogens with zero attached hydrogens (tertiary/aromatic N) is 1. The second kappa shape index (κ2) is 16.6. The Hall–Kier alpha value is -3.79. The molecule has 2 aromatic carbocycles. The molecule has 0 heterocycles. The van der Waals surface area contributed by atoms with E-state index in [1.807, 2.05) is 45.0 Å². The number of benzene rings is 2. The molecule has 2 N–H and O–H groups in total. The van der Waals surface area contributed by atoms with Crippen LogP contribution in [0.3, 0.4) is 0 Å². The molecule has 228 valence electrons. The lowest BCUT2D eigenvalue weighted by Crippen LogP contribution is -2.53. The summed E-state index contributed by atoms with van der Waals surface area (Å²) in [5.74, 6) is 2.06. The van der Waals surface area contributed by atoms with Gasteiger partial charge in [0.25, 0.3) is 5.91 Å². The Kier molecular flexibility index (Phi) is 13.6. The minimum absolute atomic E-state index is 0.106. The fourth-order valence-corrected chi connectivity index (χ4v) is 4.74. The number of anilines is 1. The molecule has 3 amide bonds. The lowest BCUT2D eigenvalue weighted by atomic mass is 9.98. The zero-order valence-corrected chi connectivity index (χ0v) is 26.5. The van der Waals surface area contributed by atoms with Crippen LogP contribution in [0.4, 0.5) is 10.5 Å². The number of amides is 3. The molecule has 0 aliphatic heterocycles. The number of nitrogens with one attached hydrogen (secondary N) is 2. The van der Waals surface area contributed by atoms with Crippen molar-refractivity contribution in [3.05, 3.63) is 65.2 Å². The first-order chi connectivity index (χ1) is 19.9. The van der Waals surface area contributed by atoms with Gasteiger partial charge in [-0.15, -0.1) is 6.42 Å². The van der Waals surface area contributed by atoms with Gasteiger partial charge in [-0.05, 0) is 75.8 Å². The van der Waals surface area contributed by atoms with Gasteiger partial charge in [0, 0.05) is 17.8 Å². The molecular weight excluding hydrogens is 526 g/mol. The zero-order chi connectivity index (χ0) is 31.3. The third-order valence-electron chi connectivity index (χ3n) is 6.84. The largest absolute Gasteiger partial charge is 0.444 e. The highest BCUT2D eigenvalue weighted by atomic mass is 16.6. The highest BCUT2D eigenvalue weighted by molar-refractivity contribution is 5.99. The molecule has 0 aromatic heterocycles. The summed E-state index contributed by atoms with van der Waals surface area (Å²) in [5, 5.41) is 5.86. The fourth-order valence-electron chi connectivity index (χ4n) is 4.74. The fraction of sp³-hybridized carbons (Fsp3) is 0.514. The maximum absolute atomic E-state index is 14.4. The van der Waals surface area contributed by atoms with E-state index in [-0.39, 0.29) is 17.7 Å². The first-order valence-corrected chi connectivity index (χ1v) is 15.1. The van der Waals surface area contributed by atoms with Crippen molar-refractivity contribution >= 4 is 23.6 Å². The molecule has 0 saturated carbocycles. The molecule has 2 unspecified atom stereocenters. The lowest BCUT2D eigenvalue weighted by molar-refractivity contribution is -0.141. The van der Waals surface area contributed by atoms with E-state index in [4.69, 9.17) is 11.2 Å². The van der Waals surface area contributed by atoms with E-state index in [0.717, 1.165) is 37.7 Å². The summed E-state index contributed by atoms with van der Waals surface area (Å²) in [6.07, 6.45) is 10.2. The Bertz CT molecular complexity index is 1210. The third kappa shape index (κ3) is 11.2. The van der Waals surface area contributed by atoms with Crippen molar-refractivity contribution in [2.75, 3.05) is 11.9 Å². The number of unbranched alkanes of at least 4 members (excludes halogenated alkanes) is 4. The minimum atomic E-state index is -0.940. The molecule has 0 spiro atoms. The maximum atomic E-state index is 14.4. The Morgan fingerprint density at radius 2 is 1.62 bits per heavy atom. The van der Waals surface area contributed by atoms with Crippen molar-refractivity contribution in [3.63, 3.8) is 0 Å². The Morgan fingerprint density at radius 3 is 2.19 bits per heavy atom. The van der Waals surface area contributed by atoms with Crippen LogP contribution in [-0.2, 0) is 14.3 Å². The van der Waals surface area contributed by atoms with Gasteiger partial charge in [-0.25, -0.2) is 4.79 Å². The number of hydrogen-bond acceptors (Lipinski definition) is 4. The predicted molar refractivity (Wildman–Crippen MR) is 170 cm³/mol. The summed E-state index contributed by atoms with van der Waals surface area (Å²) >= 11 is 0. The Morgan fingerprint density at radius 1 is 0.976 bits per heavy atom. The second-order valence-electron chi connectivity index (χ2n) is 12.2. The van der Waals surface area contributed by atoms with Gasteiger partial charge in [-0.1, -0.05) is 82.7 Å². The van der Waals surface area contributed by atoms with Crippen molar-refractivity contribution in [2.45, 2.75) is 105 Å². The van der Waals surface area contributed by atoms with Gasteiger partial charge in [0.2, 0.25) is 5.91 Å². The topological polar surface area (TPSA) is 87.7 Å². The van der Waals surface area contributed by atoms with E-state index in [2.05, 4.69) is 23.5 Å². The van der Waals surface area contributed by atoms with Gasteiger partial charge in [-0.3, -0.25) is 9.59 Å². The first kappa shape index (κ1) is 34.4. The number of rotatable bonds is 14. The van der Waals surface area contributed by atoms with Crippen LogP contribution in [0.1, 0.15) is 103 Å². The van der Waals surface area contributed by atoms with E-state index in [1.165, 1.54) is 0 Å². The average molecular weight is 576 g/mol. The number of hydrogen-bond donors (Lipinski definition) is 2. The summed E-state index contributed by atoms with van der Waals surface area (Å²) < 4.78 is 5.50. The van der Waals surface area contributed by atoms with E-state index >= 15 is 0 Å². The molecule has 0 aliphatic rings. The molecule has 2 rings (SSSR count). The van der Waals surface area contributed by atoms with Gasteiger partial charge in [0.15, 0.2) is 0 Å². The van der Waals surface area contributed by atoms with E-state index in [1.54, 1.807) is 49.9 Å². The number of carbonyl (C=O) groups is 3. The normalized spacial score (nSPS) is 12.6. The van der Waals surface area contributed by atoms with Gasteiger partial charge >= 0.3 is 6.09 Å². The molecule has 0 aliphatic carbocycles. The smallest absolute Gasteiger partial charge is 0.408 e. The number of alkyl carbamates (subject to hydrolysis) is 1. The van der Waals surface area contributed by atoms with Crippen molar-refractivity contribution in [1.29, 1.82) is 0 Å². The maximum Gasteiger partial charge on any atom is 0.408 e. The van der Waals surface area contributed by atoms with Gasteiger partial charge in [0.05, 0.1) is 0 Å². The molecule has 2 atom stereocenters. The summed E-state index contributed by atoms with van der Waals surface area (Å²) in [5.41, 5.74) is 2.19. The van der Waals surface area contributed by atoms with E-state index in [9.17, 15) is 14.4 Å². The lowest BCUT2D eigenvalue weighted by Gasteiger charge is -2.35. The number of aryl methyl sites for hydroxylation is 1. The van der Waals surface area contributed by atoms with Crippen molar-refractivity contribution in [1.82, 2.24) is 10.2 Å². The quantitative estimate of drug-likeness (QED) is 0.182. The van der Waals surface area contributed by atoms with E-state index in [0.29, 0.717) is 29.8 Å². The van der Waals surface area contributed by atoms with Crippen molar-refractivity contribution in [3.8, 4) is 12.3 Å². The van der Waals surface area contributed by atoms with Crippen molar-refractivity contribution < 1.29 is 19.1 Å². The Labute approximate surface area is 252 Å². The van der Waals surface area contributed by atoms with Gasteiger partial charge < -0.3 is 20.3 Å². The third-order valence-corrected chi connectivity index (χ3v) is 6.84. The summed E-state index contributed by atoms with van der Waals surface area (Å²) in [6.45, 7) is 13.8. The van der Waals surface area contributed by atoms with Crippen LogP contribution in [0.2, 0.25) is 0 Å². The highest BCUT2D eigenvalue weighted by Gasteiger charge is 2.36. The molecule has 2 aromatic rings. The Balaban J connectivity index is 2.56. The van der Waals surface area contributed by atoms with Gasteiger partial charge in [-0.2, -0.15) is 0 Å². The first-order valence-electron chi connectivity index (χ1n) is 15.1. The molecule has 7 heteroatoms.